The summed E-state index contributed by atoms with van der Waals surface area (Å²) in [4.78, 5) is 36.9. The molecule has 0 spiro atoms. The van der Waals surface area contributed by atoms with Gasteiger partial charge in [0.1, 0.15) is 12.0 Å². The Morgan fingerprint density at radius 1 is 1.22 bits per heavy atom. The van der Waals surface area contributed by atoms with E-state index in [2.05, 4.69) is 6.92 Å². The van der Waals surface area contributed by atoms with Crippen LogP contribution in [0.25, 0.3) is 0 Å². The number of fused-ring (bicyclic) bond motifs is 1. The number of ketones is 2. The van der Waals surface area contributed by atoms with Crippen LogP contribution in [-0.4, -0.2) is 23.1 Å². The van der Waals surface area contributed by atoms with Gasteiger partial charge in [0.2, 0.25) is 17.2 Å². The average Bonchev–Trinajstić information content (AvgIpc) is 2.50. The van der Waals surface area contributed by atoms with Crippen LogP contribution in [0.4, 0.5) is 0 Å². The summed E-state index contributed by atoms with van der Waals surface area (Å²) in [5, 5.41) is 0. The maximum atomic E-state index is 12.6. The zero-order valence-electron chi connectivity index (χ0n) is 13.8. The Morgan fingerprint density at radius 3 is 2.65 bits per heavy atom. The lowest BCUT2D eigenvalue weighted by Gasteiger charge is -2.31. The molecule has 0 saturated carbocycles. The van der Waals surface area contributed by atoms with E-state index in [-0.39, 0.29) is 12.0 Å². The third-order valence-corrected chi connectivity index (χ3v) is 4.02. The van der Waals surface area contributed by atoms with E-state index < -0.39 is 23.1 Å². The fourth-order valence-corrected chi connectivity index (χ4v) is 2.57. The van der Waals surface area contributed by atoms with Crippen LogP contribution in [-0.2, 0) is 23.9 Å². The molecular weight excluding hydrogens is 296 g/mol. The zero-order chi connectivity index (χ0) is 17.0. The van der Waals surface area contributed by atoms with Crippen molar-refractivity contribution in [3.63, 3.8) is 0 Å². The van der Waals surface area contributed by atoms with Crippen molar-refractivity contribution in [3.8, 4) is 0 Å². The van der Waals surface area contributed by atoms with E-state index >= 15 is 0 Å². The predicted molar refractivity (Wildman–Crippen MR) is 84.3 cm³/mol. The van der Waals surface area contributed by atoms with Gasteiger partial charge in [-0.2, -0.15) is 0 Å². The van der Waals surface area contributed by atoms with Gasteiger partial charge in [-0.15, -0.1) is 0 Å². The predicted octanol–water partition coefficient (Wildman–Crippen LogP) is 3.15. The zero-order valence-corrected chi connectivity index (χ0v) is 13.8. The first-order valence-corrected chi connectivity index (χ1v) is 7.96. The van der Waals surface area contributed by atoms with Gasteiger partial charge in [0.05, 0.1) is 5.57 Å². The van der Waals surface area contributed by atoms with Gasteiger partial charge < -0.3 is 9.47 Å². The normalized spacial score (nSPS) is 23.3. The number of unbranched alkanes of at least 4 members (excludes halogenated alkanes) is 3. The van der Waals surface area contributed by atoms with Crippen molar-refractivity contribution in [1.29, 1.82) is 0 Å². The van der Waals surface area contributed by atoms with E-state index in [0.717, 1.165) is 19.3 Å². The Morgan fingerprint density at radius 2 is 1.96 bits per heavy atom. The SMILES string of the molecule is CCCCCCC(=O)OC1(C)C(=O)C=C2C=C(C)OC=C2C1=O. The maximum Gasteiger partial charge on any atom is 0.307 e. The molecule has 1 atom stereocenters. The number of ether oxygens (including phenoxy) is 2. The number of carbonyl (C=O) groups is 3. The number of carbonyl (C=O) groups excluding carboxylic acids is 3. The van der Waals surface area contributed by atoms with Crippen LogP contribution >= 0.6 is 0 Å². The first-order valence-electron chi connectivity index (χ1n) is 7.96. The molecule has 5 heteroatoms. The van der Waals surface area contributed by atoms with Gasteiger partial charge in [0.15, 0.2) is 0 Å². The molecule has 124 valence electrons. The molecule has 0 fully saturated rings. The van der Waals surface area contributed by atoms with E-state index in [9.17, 15) is 14.4 Å². The molecule has 0 N–H and O–H groups in total. The van der Waals surface area contributed by atoms with Gasteiger partial charge in [-0.3, -0.25) is 14.4 Å². The topological polar surface area (TPSA) is 69.7 Å². The second kappa shape index (κ2) is 6.94. The third kappa shape index (κ3) is 3.60. The van der Waals surface area contributed by atoms with Crippen molar-refractivity contribution in [2.45, 2.75) is 58.5 Å². The molecule has 1 unspecified atom stereocenters. The first kappa shape index (κ1) is 17.2. The molecule has 2 aliphatic rings. The minimum absolute atomic E-state index is 0.210. The van der Waals surface area contributed by atoms with E-state index in [1.54, 1.807) is 13.0 Å². The lowest BCUT2D eigenvalue weighted by Crippen LogP contribution is -2.50. The molecule has 0 amide bonds. The molecule has 2 rings (SSSR count). The highest BCUT2D eigenvalue weighted by atomic mass is 16.6. The van der Waals surface area contributed by atoms with Crippen LogP contribution in [0, 0.1) is 0 Å². The standard InChI is InChI=1S/C18H22O5/c1-4-5-6-7-8-16(20)23-18(3)15(19)10-13-9-12(2)22-11-14(13)17(18)21/h9-11H,4-8H2,1-3H3. The molecule has 5 nitrogen and oxygen atoms in total. The molecule has 0 aromatic heterocycles. The summed E-state index contributed by atoms with van der Waals surface area (Å²) in [6, 6.07) is 0. The Balaban J connectivity index is 2.11. The summed E-state index contributed by atoms with van der Waals surface area (Å²) in [5.41, 5.74) is -1.03. The molecular formula is C18H22O5. The minimum atomic E-state index is -1.79. The van der Waals surface area contributed by atoms with Crippen molar-refractivity contribution in [2.75, 3.05) is 0 Å². The molecule has 0 bridgehead atoms. The Kier molecular flexibility index (Phi) is 5.19. The molecule has 23 heavy (non-hydrogen) atoms. The summed E-state index contributed by atoms with van der Waals surface area (Å²) < 4.78 is 10.5. The fourth-order valence-electron chi connectivity index (χ4n) is 2.57. The molecule has 1 heterocycles. The molecule has 0 radical (unpaired) electrons. The van der Waals surface area contributed by atoms with Gasteiger partial charge in [-0.1, -0.05) is 26.2 Å². The molecule has 0 saturated heterocycles. The monoisotopic (exact) mass is 318 g/mol. The fraction of sp³-hybridized carbons (Fsp3) is 0.500. The highest BCUT2D eigenvalue weighted by Crippen LogP contribution is 2.33. The van der Waals surface area contributed by atoms with Gasteiger partial charge >= 0.3 is 5.97 Å². The number of rotatable bonds is 6. The van der Waals surface area contributed by atoms with Gasteiger partial charge in [0, 0.05) is 6.42 Å². The van der Waals surface area contributed by atoms with Crippen LogP contribution in [0.5, 0.6) is 0 Å². The van der Waals surface area contributed by atoms with Crippen LogP contribution in [0.3, 0.4) is 0 Å². The highest BCUT2D eigenvalue weighted by molar-refractivity contribution is 6.26. The smallest absolute Gasteiger partial charge is 0.307 e. The number of Topliss-reactive ketones (excluding diaryl/α,β-unsaturated/α-hetero) is 1. The van der Waals surface area contributed by atoms with Crippen LogP contribution < -0.4 is 0 Å². The summed E-state index contributed by atoms with van der Waals surface area (Å²) in [6.45, 7) is 5.16. The van der Waals surface area contributed by atoms with Crippen molar-refractivity contribution in [2.24, 2.45) is 0 Å². The van der Waals surface area contributed by atoms with Gasteiger partial charge in [0.25, 0.3) is 0 Å². The van der Waals surface area contributed by atoms with E-state index in [1.165, 1.54) is 19.3 Å². The molecule has 0 aromatic rings. The number of esters is 1. The van der Waals surface area contributed by atoms with Gasteiger partial charge in [-0.25, -0.2) is 0 Å². The Labute approximate surface area is 136 Å². The van der Waals surface area contributed by atoms with Crippen LogP contribution in [0.15, 0.2) is 35.3 Å². The van der Waals surface area contributed by atoms with E-state index in [1.807, 2.05) is 0 Å². The number of allylic oxidation sites excluding steroid dienone is 3. The van der Waals surface area contributed by atoms with E-state index in [0.29, 0.717) is 17.8 Å². The van der Waals surface area contributed by atoms with Crippen molar-refractivity contribution < 1.29 is 23.9 Å². The van der Waals surface area contributed by atoms with Crippen molar-refractivity contribution >= 4 is 17.5 Å². The number of hydrogen-bond donors (Lipinski definition) is 0. The average molecular weight is 318 g/mol. The summed E-state index contributed by atoms with van der Waals surface area (Å²) in [7, 11) is 0. The summed E-state index contributed by atoms with van der Waals surface area (Å²) >= 11 is 0. The molecule has 1 aliphatic carbocycles. The highest BCUT2D eigenvalue weighted by Gasteiger charge is 2.49. The first-order chi connectivity index (χ1) is 10.9. The lowest BCUT2D eigenvalue weighted by atomic mass is 9.80. The number of hydrogen-bond acceptors (Lipinski definition) is 5. The van der Waals surface area contributed by atoms with Crippen LogP contribution in [0.1, 0.15) is 52.9 Å². The van der Waals surface area contributed by atoms with E-state index in [4.69, 9.17) is 9.47 Å². The maximum absolute atomic E-state index is 12.6. The Bertz CT molecular complexity index is 623. The quantitative estimate of drug-likeness (QED) is 0.427. The molecule has 1 aliphatic heterocycles. The minimum Gasteiger partial charge on any atom is -0.469 e. The summed E-state index contributed by atoms with van der Waals surface area (Å²) in [6.07, 6.45) is 8.21. The second-order valence-electron chi connectivity index (χ2n) is 6.02. The lowest BCUT2D eigenvalue weighted by molar-refractivity contribution is -0.169. The second-order valence-corrected chi connectivity index (χ2v) is 6.02. The largest absolute Gasteiger partial charge is 0.469 e. The third-order valence-electron chi connectivity index (χ3n) is 4.02. The summed E-state index contributed by atoms with van der Waals surface area (Å²) in [5.74, 6) is -0.975. The van der Waals surface area contributed by atoms with Gasteiger partial charge in [-0.05, 0) is 38.0 Å². The molecule has 0 aromatic carbocycles. The Hall–Kier alpha value is -2.17. The van der Waals surface area contributed by atoms with Crippen molar-refractivity contribution in [3.05, 3.63) is 35.3 Å². The van der Waals surface area contributed by atoms with Crippen LogP contribution in [0.2, 0.25) is 0 Å². The van der Waals surface area contributed by atoms with Crippen molar-refractivity contribution in [1.82, 2.24) is 0 Å².